The molecule has 0 aliphatic carbocycles. The van der Waals surface area contributed by atoms with Crippen molar-refractivity contribution in [2.75, 3.05) is 18.5 Å². The normalized spacial score (nSPS) is 12.8. The third kappa shape index (κ3) is 3.93. The van der Waals surface area contributed by atoms with Gasteiger partial charge in [-0.2, -0.15) is 4.98 Å². The quantitative estimate of drug-likeness (QED) is 0.600. The molecule has 2 aromatic carbocycles. The number of nitrogens with zero attached hydrogens (tertiary/aromatic N) is 3. The monoisotopic (exact) mass is 437 g/mol. The molecule has 3 aromatic rings. The molecule has 1 aliphatic heterocycles. The van der Waals surface area contributed by atoms with Gasteiger partial charge in [-0.15, -0.1) is 0 Å². The van der Waals surface area contributed by atoms with Gasteiger partial charge in [-0.05, 0) is 29.8 Å². The molecule has 0 bridgehead atoms. The van der Waals surface area contributed by atoms with Crippen LogP contribution in [0.2, 0.25) is 5.02 Å². The molecule has 0 N–H and O–H groups in total. The minimum absolute atomic E-state index is 0.0184. The fourth-order valence-electron chi connectivity index (χ4n) is 3.05. The van der Waals surface area contributed by atoms with Gasteiger partial charge < -0.3 is 14.4 Å². The lowest BCUT2D eigenvalue weighted by atomic mass is 10.2. The van der Waals surface area contributed by atoms with E-state index in [9.17, 15) is 18.0 Å². The van der Waals surface area contributed by atoms with Crippen molar-refractivity contribution in [3.05, 3.63) is 74.9 Å². The van der Waals surface area contributed by atoms with E-state index in [0.717, 1.165) is 24.3 Å². The smallest absolute Gasteiger partial charge is 0.352 e. The number of likely N-dealkylation sites (N-methyl/N-ethyl adjacent to an activating group) is 1. The molecule has 30 heavy (non-hydrogen) atoms. The van der Waals surface area contributed by atoms with Gasteiger partial charge >= 0.3 is 5.69 Å². The maximum absolute atomic E-state index is 14.4. The van der Waals surface area contributed by atoms with Crippen LogP contribution in [0.25, 0.3) is 0 Å². The number of benzene rings is 2. The largest absolute Gasteiger partial charge is 0.473 e. The summed E-state index contributed by atoms with van der Waals surface area (Å²) >= 11 is 5.65. The lowest BCUT2D eigenvalue weighted by Gasteiger charge is -2.13. The van der Waals surface area contributed by atoms with Crippen molar-refractivity contribution in [2.45, 2.75) is 13.2 Å². The highest BCUT2D eigenvalue weighted by atomic mass is 35.5. The fraction of sp³-hybridized carbons (Fsp3) is 0.200. The van der Waals surface area contributed by atoms with E-state index in [2.05, 4.69) is 4.98 Å². The van der Waals surface area contributed by atoms with Gasteiger partial charge in [0.05, 0.1) is 5.02 Å². The molecular formula is C20H15ClF3N3O3. The number of halogens is 4. The van der Waals surface area contributed by atoms with Crippen LogP contribution in [0.15, 0.2) is 41.2 Å². The maximum Gasteiger partial charge on any atom is 0.352 e. The Morgan fingerprint density at radius 3 is 2.50 bits per heavy atom. The van der Waals surface area contributed by atoms with Crippen molar-refractivity contribution in [1.29, 1.82) is 0 Å². The number of ether oxygens (including phenoxy) is 2. The molecule has 1 aromatic heterocycles. The average molecular weight is 438 g/mol. The number of fused-ring (bicyclic) bond motifs is 1. The second-order valence-electron chi connectivity index (χ2n) is 6.66. The SMILES string of the molecule is CN1CCn2c1cc(OCc1cc(F)c(Oc3ccc(F)c(Cl)c3)c(F)c1)nc2=O. The molecule has 0 saturated heterocycles. The minimum Gasteiger partial charge on any atom is -0.473 e. The van der Waals surface area contributed by atoms with Crippen LogP contribution in [-0.2, 0) is 13.2 Å². The zero-order chi connectivity index (χ0) is 21.4. The van der Waals surface area contributed by atoms with E-state index < -0.39 is 28.9 Å². The zero-order valence-corrected chi connectivity index (χ0v) is 16.4. The number of hydrogen-bond donors (Lipinski definition) is 0. The van der Waals surface area contributed by atoms with E-state index >= 15 is 0 Å². The Balaban J connectivity index is 1.51. The predicted octanol–water partition coefficient (Wildman–Crippen LogP) is 4.14. The van der Waals surface area contributed by atoms with Crippen LogP contribution >= 0.6 is 11.6 Å². The summed E-state index contributed by atoms with van der Waals surface area (Å²) in [6.45, 7) is 1.00. The van der Waals surface area contributed by atoms with Gasteiger partial charge in [-0.1, -0.05) is 11.6 Å². The summed E-state index contributed by atoms with van der Waals surface area (Å²) < 4.78 is 54.1. The summed E-state index contributed by atoms with van der Waals surface area (Å²) in [6.07, 6.45) is 0. The lowest BCUT2D eigenvalue weighted by Crippen LogP contribution is -2.22. The minimum atomic E-state index is -0.976. The summed E-state index contributed by atoms with van der Waals surface area (Å²) in [5, 5.41) is -0.235. The van der Waals surface area contributed by atoms with Crippen LogP contribution in [-0.4, -0.2) is 23.1 Å². The summed E-state index contributed by atoms with van der Waals surface area (Å²) in [5.41, 5.74) is -0.281. The van der Waals surface area contributed by atoms with Crippen LogP contribution in [0.3, 0.4) is 0 Å². The first-order valence-electron chi connectivity index (χ1n) is 8.88. The lowest BCUT2D eigenvalue weighted by molar-refractivity contribution is 0.289. The van der Waals surface area contributed by atoms with E-state index in [1.54, 1.807) is 6.07 Å². The van der Waals surface area contributed by atoms with Crippen LogP contribution in [0.5, 0.6) is 17.4 Å². The number of anilines is 1. The maximum atomic E-state index is 14.4. The van der Waals surface area contributed by atoms with Crippen molar-refractivity contribution < 1.29 is 22.6 Å². The van der Waals surface area contributed by atoms with Gasteiger partial charge in [0.25, 0.3) is 0 Å². The van der Waals surface area contributed by atoms with Crippen LogP contribution < -0.4 is 20.1 Å². The molecule has 4 rings (SSSR count). The molecule has 0 fully saturated rings. The van der Waals surface area contributed by atoms with Crippen LogP contribution in [0, 0.1) is 17.5 Å². The Morgan fingerprint density at radius 1 is 1.07 bits per heavy atom. The van der Waals surface area contributed by atoms with E-state index in [1.165, 1.54) is 10.6 Å². The van der Waals surface area contributed by atoms with Crippen molar-refractivity contribution >= 4 is 17.4 Å². The molecule has 156 valence electrons. The first-order chi connectivity index (χ1) is 14.3. The number of aromatic nitrogens is 2. The molecule has 0 unspecified atom stereocenters. The zero-order valence-electron chi connectivity index (χ0n) is 15.7. The van der Waals surface area contributed by atoms with E-state index in [0.29, 0.717) is 18.9 Å². The third-order valence-electron chi connectivity index (χ3n) is 4.57. The van der Waals surface area contributed by atoms with E-state index in [1.807, 2.05) is 11.9 Å². The van der Waals surface area contributed by atoms with Crippen molar-refractivity contribution in [1.82, 2.24) is 9.55 Å². The average Bonchev–Trinajstić information content (AvgIpc) is 3.07. The topological polar surface area (TPSA) is 56.6 Å². The highest BCUT2D eigenvalue weighted by molar-refractivity contribution is 6.30. The van der Waals surface area contributed by atoms with E-state index in [4.69, 9.17) is 21.1 Å². The van der Waals surface area contributed by atoms with Crippen LogP contribution in [0.1, 0.15) is 5.56 Å². The molecule has 0 amide bonds. The Kier molecular flexibility index (Phi) is 5.29. The molecule has 1 aliphatic rings. The van der Waals surface area contributed by atoms with Crippen molar-refractivity contribution in [3.63, 3.8) is 0 Å². The van der Waals surface area contributed by atoms with Crippen molar-refractivity contribution in [2.24, 2.45) is 0 Å². The van der Waals surface area contributed by atoms with Crippen molar-refractivity contribution in [3.8, 4) is 17.4 Å². The highest BCUT2D eigenvalue weighted by Gasteiger charge is 2.19. The highest BCUT2D eigenvalue weighted by Crippen LogP contribution is 2.31. The first kappa shape index (κ1) is 20.1. The first-order valence-corrected chi connectivity index (χ1v) is 9.26. The van der Waals surface area contributed by atoms with Gasteiger partial charge in [0, 0.05) is 32.3 Å². The molecule has 6 nitrogen and oxygen atoms in total. The predicted molar refractivity (Wildman–Crippen MR) is 104 cm³/mol. The Morgan fingerprint density at radius 2 is 1.80 bits per heavy atom. The number of hydrogen-bond acceptors (Lipinski definition) is 5. The summed E-state index contributed by atoms with van der Waals surface area (Å²) in [4.78, 5) is 17.7. The molecule has 0 atom stereocenters. The fourth-order valence-corrected chi connectivity index (χ4v) is 3.22. The Hall–Kier alpha value is -3.20. The second-order valence-corrected chi connectivity index (χ2v) is 7.07. The molecule has 10 heteroatoms. The molecular weight excluding hydrogens is 423 g/mol. The standard InChI is InChI=1S/C20H15ClF3N3O3/c1-26-4-5-27-18(26)9-17(25-20(27)28)29-10-11-6-15(23)19(16(24)7-11)30-12-2-3-14(22)13(21)8-12/h2-3,6-9H,4-5,10H2,1H3. The number of rotatable bonds is 5. The van der Waals surface area contributed by atoms with Gasteiger partial charge in [0.2, 0.25) is 5.88 Å². The Bertz CT molecular complexity index is 1160. The molecule has 0 radical (unpaired) electrons. The van der Waals surface area contributed by atoms with Gasteiger partial charge in [-0.3, -0.25) is 4.57 Å². The van der Waals surface area contributed by atoms with Gasteiger partial charge in [0.1, 0.15) is 24.0 Å². The summed E-state index contributed by atoms with van der Waals surface area (Å²) in [6, 6.07) is 7.01. The molecule has 0 saturated carbocycles. The molecule has 0 spiro atoms. The third-order valence-corrected chi connectivity index (χ3v) is 4.86. The van der Waals surface area contributed by atoms with Crippen LogP contribution in [0.4, 0.5) is 19.0 Å². The summed E-state index contributed by atoms with van der Waals surface area (Å²) in [5.74, 6) is -2.59. The summed E-state index contributed by atoms with van der Waals surface area (Å²) in [7, 11) is 1.83. The Labute approximate surface area is 174 Å². The second kappa shape index (κ2) is 7.91. The van der Waals surface area contributed by atoms with Gasteiger partial charge in [-0.25, -0.2) is 18.0 Å². The molecule has 2 heterocycles. The van der Waals surface area contributed by atoms with Gasteiger partial charge in [0.15, 0.2) is 17.4 Å². The van der Waals surface area contributed by atoms with E-state index in [-0.39, 0.29) is 28.8 Å².